The number of fused-ring (bicyclic) bond motifs is 1. The van der Waals surface area contributed by atoms with Crippen molar-refractivity contribution < 1.29 is 4.79 Å². The summed E-state index contributed by atoms with van der Waals surface area (Å²) in [5.41, 5.74) is 5.13. The van der Waals surface area contributed by atoms with Crippen LogP contribution < -0.4 is 5.32 Å². The molecule has 0 atom stereocenters. The van der Waals surface area contributed by atoms with E-state index in [1.54, 1.807) is 0 Å². The van der Waals surface area contributed by atoms with E-state index >= 15 is 0 Å². The molecule has 4 nitrogen and oxygen atoms in total. The number of nitrogens with one attached hydrogen (secondary N) is 1. The van der Waals surface area contributed by atoms with Crippen molar-refractivity contribution in [3.05, 3.63) is 65.0 Å². The number of aryl methyl sites for hydroxylation is 4. The summed E-state index contributed by atoms with van der Waals surface area (Å²) in [5, 5.41) is 3.01. The van der Waals surface area contributed by atoms with Gasteiger partial charge in [-0.25, -0.2) is 4.98 Å². The van der Waals surface area contributed by atoms with Gasteiger partial charge in [0, 0.05) is 18.7 Å². The van der Waals surface area contributed by atoms with Gasteiger partial charge in [-0.15, -0.1) is 0 Å². The average molecular weight is 321 g/mol. The highest BCUT2D eigenvalue weighted by Crippen LogP contribution is 2.15. The van der Waals surface area contributed by atoms with Crippen LogP contribution in [0, 0.1) is 20.8 Å². The van der Waals surface area contributed by atoms with E-state index in [1.807, 2.05) is 51.1 Å². The molecule has 4 heteroatoms. The number of carbonyl (C=O) groups is 1. The van der Waals surface area contributed by atoms with Crippen LogP contribution in [0.5, 0.6) is 0 Å². The lowest BCUT2D eigenvalue weighted by molar-refractivity contribution is 0.0952. The zero-order chi connectivity index (χ0) is 17.1. The Morgan fingerprint density at radius 3 is 2.54 bits per heavy atom. The van der Waals surface area contributed by atoms with Crippen LogP contribution in [0.25, 0.3) is 11.0 Å². The number of aromatic nitrogens is 2. The SMILES string of the molecule is Cc1cc(C)cc(C(=O)NCCCn2c(C)nc3ccccc32)c1. The number of para-hydroxylation sites is 2. The van der Waals surface area contributed by atoms with E-state index in [0.717, 1.165) is 46.5 Å². The van der Waals surface area contributed by atoms with Gasteiger partial charge < -0.3 is 9.88 Å². The molecule has 124 valence electrons. The molecular formula is C20H23N3O. The molecule has 0 aliphatic carbocycles. The van der Waals surface area contributed by atoms with Gasteiger partial charge in [-0.2, -0.15) is 0 Å². The summed E-state index contributed by atoms with van der Waals surface area (Å²) in [5.74, 6) is 1.01. The van der Waals surface area contributed by atoms with Crippen molar-refractivity contribution >= 4 is 16.9 Å². The van der Waals surface area contributed by atoms with Crippen LogP contribution in [0.3, 0.4) is 0 Å². The van der Waals surface area contributed by atoms with Gasteiger partial charge in [0.2, 0.25) is 0 Å². The lowest BCUT2D eigenvalue weighted by atomic mass is 10.1. The minimum atomic E-state index is -0.00555. The lowest BCUT2D eigenvalue weighted by Gasteiger charge is -2.09. The van der Waals surface area contributed by atoms with E-state index in [2.05, 4.69) is 27.0 Å². The molecule has 3 rings (SSSR count). The molecule has 0 unspecified atom stereocenters. The maximum absolute atomic E-state index is 12.3. The minimum absolute atomic E-state index is 0.00555. The Labute approximate surface area is 142 Å². The number of nitrogens with zero attached hydrogens (tertiary/aromatic N) is 2. The molecule has 0 fully saturated rings. The van der Waals surface area contributed by atoms with Crippen LogP contribution in [0.2, 0.25) is 0 Å². The molecule has 0 bridgehead atoms. The van der Waals surface area contributed by atoms with Crippen LogP contribution in [0.1, 0.15) is 33.7 Å². The van der Waals surface area contributed by atoms with Crippen molar-refractivity contribution in [2.45, 2.75) is 33.7 Å². The zero-order valence-electron chi connectivity index (χ0n) is 14.5. The largest absolute Gasteiger partial charge is 0.352 e. The monoisotopic (exact) mass is 321 g/mol. The van der Waals surface area contributed by atoms with Gasteiger partial charge in [0.25, 0.3) is 5.91 Å². The summed E-state index contributed by atoms with van der Waals surface area (Å²) < 4.78 is 2.21. The average Bonchev–Trinajstić information content (AvgIpc) is 2.86. The number of imidazole rings is 1. The summed E-state index contributed by atoms with van der Waals surface area (Å²) in [6.45, 7) is 7.54. The fourth-order valence-electron chi connectivity index (χ4n) is 3.13. The van der Waals surface area contributed by atoms with Crippen LogP contribution in [0.15, 0.2) is 42.5 Å². The number of hydrogen-bond donors (Lipinski definition) is 1. The molecule has 0 saturated carbocycles. The molecular weight excluding hydrogens is 298 g/mol. The molecule has 0 saturated heterocycles. The molecule has 1 N–H and O–H groups in total. The normalized spacial score (nSPS) is 11.0. The Kier molecular flexibility index (Phi) is 4.65. The second-order valence-electron chi connectivity index (χ2n) is 6.29. The Bertz CT molecular complexity index is 859. The third-order valence-electron chi connectivity index (χ3n) is 4.17. The topological polar surface area (TPSA) is 46.9 Å². The van der Waals surface area contributed by atoms with E-state index in [1.165, 1.54) is 0 Å². The first-order chi connectivity index (χ1) is 11.5. The first-order valence-corrected chi connectivity index (χ1v) is 8.33. The number of hydrogen-bond acceptors (Lipinski definition) is 2. The third kappa shape index (κ3) is 3.48. The van der Waals surface area contributed by atoms with E-state index in [9.17, 15) is 4.79 Å². The Balaban J connectivity index is 1.58. The van der Waals surface area contributed by atoms with Gasteiger partial charge in [0.1, 0.15) is 5.82 Å². The summed E-state index contributed by atoms with van der Waals surface area (Å²) >= 11 is 0. The molecule has 2 aromatic carbocycles. The van der Waals surface area contributed by atoms with Gasteiger partial charge in [-0.1, -0.05) is 29.3 Å². The Hall–Kier alpha value is -2.62. The van der Waals surface area contributed by atoms with Crippen molar-refractivity contribution in [3.63, 3.8) is 0 Å². The molecule has 0 aliphatic heterocycles. The summed E-state index contributed by atoms with van der Waals surface area (Å²) in [6, 6.07) is 14.1. The second-order valence-corrected chi connectivity index (χ2v) is 6.29. The van der Waals surface area contributed by atoms with E-state index in [0.29, 0.717) is 6.54 Å². The molecule has 1 amide bonds. The maximum atomic E-state index is 12.3. The highest BCUT2D eigenvalue weighted by Gasteiger charge is 2.08. The Morgan fingerprint density at radius 1 is 1.08 bits per heavy atom. The van der Waals surface area contributed by atoms with Crippen molar-refractivity contribution in [1.29, 1.82) is 0 Å². The fraction of sp³-hybridized carbons (Fsp3) is 0.300. The summed E-state index contributed by atoms with van der Waals surface area (Å²) in [4.78, 5) is 16.8. The summed E-state index contributed by atoms with van der Waals surface area (Å²) in [6.07, 6.45) is 0.873. The number of benzene rings is 2. The van der Waals surface area contributed by atoms with Crippen molar-refractivity contribution in [2.75, 3.05) is 6.54 Å². The van der Waals surface area contributed by atoms with Gasteiger partial charge in [0.15, 0.2) is 0 Å². The van der Waals surface area contributed by atoms with Crippen molar-refractivity contribution in [1.82, 2.24) is 14.9 Å². The minimum Gasteiger partial charge on any atom is -0.352 e. The van der Waals surface area contributed by atoms with Crippen LogP contribution in [-0.4, -0.2) is 22.0 Å². The van der Waals surface area contributed by atoms with Crippen molar-refractivity contribution in [3.8, 4) is 0 Å². The van der Waals surface area contributed by atoms with Gasteiger partial charge in [-0.05, 0) is 51.5 Å². The highest BCUT2D eigenvalue weighted by molar-refractivity contribution is 5.94. The lowest BCUT2D eigenvalue weighted by Crippen LogP contribution is -2.25. The van der Waals surface area contributed by atoms with Gasteiger partial charge in [0.05, 0.1) is 11.0 Å². The van der Waals surface area contributed by atoms with Crippen LogP contribution in [0.4, 0.5) is 0 Å². The predicted octanol–water partition coefficient (Wildman–Crippen LogP) is 3.78. The number of carbonyl (C=O) groups excluding carboxylic acids is 1. The molecule has 0 aliphatic rings. The highest BCUT2D eigenvalue weighted by atomic mass is 16.1. The first kappa shape index (κ1) is 16.2. The van der Waals surface area contributed by atoms with Gasteiger partial charge in [-0.3, -0.25) is 4.79 Å². The van der Waals surface area contributed by atoms with Crippen molar-refractivity contribution in [2.24, 2.45) is 0 Å². The predicted molar refractivity (Wildman–Crippen MR) is 97.3 cm³/mol. The third-order valence-corrected chi connectivity index (χ3v) is 4.17. The van der Waals surface area contributed by atoms with E-state index < -0.39 is 0 Å². The molecule has 0 radical (unpaired) electrons. The number of rotatable bonds is 5. The van der Waals surface area contributed by atoms with E-state index in [-0.39, 0.29) is 5.91 Å². The maximum Gasteiger partial charge on any atom is 0.251 e. The van der Waals surface area contributed by atoms with E-state index in [4.69, 9.17) is 0 Å². The molecule has 24 heavy (non-hydrogen) atoms. The standard InChI is InChI=1S/C20H23N3O/c1-14-11-15(2)13-17(12-14)20(24)21-9-6-10-23-16(3)22-18-7-4-5-8-19(18)23/h4-5,7-8,11-13H,6,9-10H2,1-3H3,(H,21,24). The molecule has 3 aromatic rings. The smallest absolute Gasteiger partial charge is 0.251 e. The number of amides is 1. The van der Waals surface area contributed by atoms with Crippen LogP contribution >= 0.6 is 0 Å². The molecule has 0 spiro atoms. The molecule has 1 aromatic heterocycles. The van der Waals surface area contributed by atoms with Crippen LogP contribution in [-0.2, 0) is 6.54 Å². The first-order valence-electron chi connectivity index (χ1n) is 8.33. The quantitative estimate of drug-likeness (QED) is 0.727. The zero-order valence-corrected chi connectivity index (χ0v) is 14.5. The fourth-order valence-corrected chi connectivity index (χ4v) is 3.13. The van der Waals surface area contributed by atoms with Gasteiger partial charge >= 0.3 is 0 Å². The molecule has 1 heterocycles. The Morgan fingerprint density at radius 2 is 1.79 bits per heavy atom. The summed E-state index contributed by atoms with van der Waals surface area (Å²) in [7, 11) is 0. The second kappa shape index (κ2) is 6.87.